The van der Waals surface area contributed by atoms with E-state index in [1.54, 1.807) is 4.90 Å². The van der Waals surface area contributed by atoms with Crippen LogP contribution in [0, 0.1) is 0 Å². The lowest BCUT2D eigenvalue weighted by Crippen LogP contribution is -2.52. The molecule has 1 N–H and O–H groups in total. The molecule has 3 aliphatic rings. The van der Waals surface area contributed by atoms with Crippen molar-refractivity contribution in [3.8, 4) is 0 Å². The number of hydrogen-bond acceptors (Lipinski definition) is 7. The van der Waals surface area contributed by atoms with E-state index in [0.29, 0.717) is 45.2 Å². The molecule has 0 unspecified atom stereocenters. The van der Waals surface area contributed by atoms with Crippen molar-refractivity contribution in [1.29, 1.82) is 0 Å². The van der Waals surface area contributed by atoms with Crippen molar-refractivity contribution in [1.82, 2.24) is 9.80 Å². The van der Waals surface area contributed by atoms with Gasteiger partial charge in [-0.2, -0.15) is 20.5 Å². The van der Waals surface area contributed by atoms with Crippen LogP contribution in [0.3, 0.4) is 0 Å². The Labute approximate surface area is 143 Å². The fraction of sp³-hybridized carbons (Fsp3) is 0.938. The van der Waals surface area contributed by atoms with Gasteiger partial charge in [0.1, 0.15) is 0 Å². The van der Waals surface area contributed by atoms with Crippen LogP contribution in [0.2, 0.25) is 0 Å². The Morgan fingerprint density at radius 2 is 1.62 bits per heavy atom. The van der Waals surface area contributed by atoms with E-state index in [4.69, 9.17) is 0 Å². The summed E-state index contributed by atoms with van der Waals surface area (Å²) >= 11 is 0. The van der Waals surface area contributed by atoms with Gasteiger partial charge in [-0.1, -0.05) is 0 Å². The molecule has 0 aromatic rings. The number of carbonyl (C=O) groups excluding carboxylic acids is 1. The van der Waals surface area contributed by atoms with Crippen LogP contribution in [0.4, 0.5) is 0 Å². The van der Waals surface area contributed by atoms with E-state index in [1.807, 2.05) is 13.8 Å². The monoisotopic (exact) mass is 336 g/mol. The highest BCUT2D eigenvalue weighted by atomic mass is 16.3. The Kier molecular flexibility index (Phi) is 4.46. The highest BCUT2D eigenvalue weighted by molar-refractivity contribution is 5.76. The number of nitrogens with zero attached hydrogens (tertiary/aromatic N) is 6. The minimum absolute atomic E-state index is 0.0603. The zero-order chi connectivity index (χ0) is 17.4. The summed E-state index contributed by atoms with van der Waals surface area (Å²) in [4.78, 5) is 16.7. The molecule has 1 fully saturated rings. The van der Waals surface area contributed by atoms with Crippen molar-refractivity contribution in [3.05, 3.63) is 0 Å². The van der Waals surface area contributed by atoms with Gasteiger partial charge < -0.3 is 14.9 Å². The maximum Gasteiger partial charge on any atom is 0.222 e. The molecule has 0 aliphatic carbocycles. The van der Waals surface area contributed by atoms with Gasteiger partial charge in [-0.05, 0) is 33.7 Å². The summed E-state index contributed by atoms with van der Waals surface area (Å²) in [6.45, 7) is 6.57. The van der Waals surface area contributed by atoms with Crippen molar-refractivity contribution in [2.45, 2.75) is 62.9 Å². The molecule has 3 aliphatic heterocycles. The average Bonchev–Trinajstić information content (AvgIpc) is 3.45. The number of amides is 1. The topological polar surface area (TPSA) is 93.2 Å². The first-order valence-electron chi connectivity index (χ1n) is 8.78. The smallest absolute Gasteiger partial charge is 0.222 e. The van der Waals surface area contributed by atoms with Gasteiger partial charge >= 0.3 is 0 Å². The minimum atomic E-state index is -0.793. The van der Waals surface area contributed by atoms with Crippen molar-refractivity contribution in [2.75, 3.05) is 33.2 Å². The molecular formula is C16H28N6O2. The molecule has 0 radical (unpaired) electrons. The Bertz CT molecular complexity index is 541. The zero-order valence-corrected chi connectivity index (χ0v) is 14.9. The van der Waals surface area contributed by atoms with Crippen molar-refractivity contribution < 1.29 is 9.90 Å². The summed E-state index contributed by atoms with van der Waals surface area (Å²) in [5.74, 6) is 0.0603. The first-order chi connectivity index (χ1) is 11.2. The molecule has 0 aromatic heterocycles. The summed E-state index contributed by atoms with van der Waals surface area (Å²) in [7, 11) is 2.06. The Morgan fingerprint density at radius 3 is 2.17 bits per heavy atom. The fourth-order valence-electron chi connectivity index (χ4n) is 3.06. The van der Waals surface area contributed by atoms with Gasteiger partial charge in [0.05, 0.1) is 5.60 Å². The lowest BCUT2D eigenvalue weighted by Gasteiger charge is -2.40. The predicted molar refractivity (Wildman–Crippen MR) is 88.6 cm³/mol. The number of aliphatic hydroxyl groups is 1. The third kappa shape index (κ3) is 4.57. The second-order valence-corrected chi connectivity index (χ2v) is 7.93. The van der Waals surface area contributed by atoms with Gasteiger partial charge in [-0.25, -0.2) is 0 Å². The van der Waals surface area contributed by atoms with E-state index in [0.717, 1.165) is 13.1 Å². The zero-order valence-electron chi connectivity index (χ0n) is 14.9. The van der Waals surface area contributed by atoms with E-state index in [9.17, 15) is 9.90 Å². The SMILES string of the molecule is CN1CCC(O)(CN(CCC2(C)N=N2)C(=O)CCC2(C)N=N2)CC1. The van der Waals surface area contributed by atoms with Crippen LogP contribution < -0.4 is 0 Å². The molecular weight excluding hydrogens is 308 g/mol. The van der Waals surface area contributed by atoms with Gasteiger partial charge in [0, 0.05) is 45.4 Å². The molecule has 8 nitrogen and oxygen atoms in total. The van der Waals surface area contributed by atoms with Gasteiger partial charge in [-0.3, -0.25) is 4.79 Å². The van der Waals surface area contributed by atoms with Crippen molar-refractivity contribution in [3.63, 3.8) is 0 Å². The fourth-order valence-corrected chi connectivity index (χ4v) is 3.06. The molecule has 1 saturated heterocycles. The lowest BCUT2D eigenvalue weighted by molar-refractivity contribution is -0.137. The Balaban J connectivity index is 1.56. The molecule has 3 heterocycles. The number of likely N-dealkylation sites (tertiary alicyclic amines) is 1. The second kappa shape index (κ2) is 6.15. The molecule has 8 heteroatoms. The van der Waals surface area contributed by atoms with E-state index >= 15 is 0 Å². The molecule has 0 saturated carbocycles. The van der Waals surface area contributed by atoms with E-state index < -0.39 is 5.60 Å². The van der Waals surface area contributed by atoms with Crippen LogP contribution in [-0.4, -0.2) is 71.0 Å². The first-order valence-corrected chi connectivity index (χ1v) is 8.78. The summed E-state index contributed by atoms with van der Waals surface area (Å²) in [6, 6.07) is 0. The predicted octanol–water partition coefficient (Wildman–Crippen LogP) is 1.81. The van der Waals surface area contributed by atoms with E-state index in [-0.39, 0.29) is 17.2 Å². The van der Waals surface area contributed by atoms with Crippen LogP contribution in [0.25, 0.3) is 0 Å². The highest BCUT2D eigenvalue weighted by Crippen LogP contribution is 2.34. The quantitative estimate of drug-likeness (QED) is 0.732. The van der Waals surface area contributed by atoms with Crippen molar-refractivity contribution in [2.24, 2.45) is 20.5 Å². The molecule has 24 heavy (non-hydrogen) atoms. The largest absolute Gasteiger partial charge is 0.388 e. The lowest BCUT2D eigenvalue weighted by atomic mass is 9.90. The number of carbonyl (C=O) groups is 1. The highest BCUT2D eigenvalue weighted by Gasteiger charge is 2.39. The molecule has 1 amide bonds. The van der Waals surface area contributed by atoms with Crippen LogP contribution in [0.15, 0.2) is 20.5 Å². The summed E-state index contributed by atoms with van der Waals surface area (Å²) in [5.41, 5.74) is -1.49. The summed E-state index contributed by atoms with van der Waals surface area (Å²) in [5, 5.41) is 26.9. The summed E-state index contributed by atoms with van der Waals surface area (Å²) < 4.78 is 0. The van der Waals surface area contributed by atoms with Gasteiger partial charge in [0.15, 0.2) is 11.3 Å². The van der Waals surface area contributed by atoms with Gasteiger partial charge in [-0.15, -0.1) is 0 Å². The normalized spacial score (nSPS) is 25.5. The second-order valence-electron chi connectivity index (χ2n) is 7.93. The molecule has 134 valence electrons. The minimum Gasteiger partial charge on any atom is -0.388 e. The maximum absolute atomic E-state index is 12.7. The number of rotatable bonds is 8. The summed E-state index contributed by atoms with van der Waals surface area (Å²) in [6.07, 6.45) is 3.14. The first kappa shape index (κ1) is 17.4. The van der Waals surface area contributed by atoms with E-state index in [2.05, 4.69) is 32.4 Å². The van der Waals surface area contributed by atoms with Crippen molar-refractivity contribution >= 4 is 5.91 Å². The van der Waals surface area contributed by atoms with Crippen LogP contribution in [0.1, 0.15) is 46.0 Å². The standard InChI is InChI=1S/C16H28N6O2/c1-14(17-18-14)5-4-13(23)22(11-6-15(2)19-20-15)12-16(24)7-9-21(3)10-8-16/h24H,4-12H2,1-3H3. The third-order valence-corrected chi connectivity index (χ3v) is 5.31. The van der Waals surface area contributed by atoms with Gasteiger partial charge in [0.25, 0.3) is 0 Å². The van der Waals surface area contributed by atoms with Crippen LogP contribution in [0.5, 0.6) is 0 Å². The van der Waals surface area contributed by atoms with Gasteiger partial charge in [0.2, 0.25) is 5.91 Å². The average molecular weight is 336 g/mol. The Morgan fingerprint density at radius 1 is 1.08 bits per heavy atom. The maximum atomic E-state index is 12.7. The Hall–Kier alpha value is -1.41. The molecule has 0 aromatic carbocycles. The number of hydrogen-bond donors (Lipinski definition) is 1. The van der Waals surface area contributed by atoms with Crippen LogP contribution >= 0.6 is 0 Å². The van der Waals surface area contributed by atoms with E-state index in [1.165, 1.54) is 0 Å². The molecule has 0 bridgehead atoms. The molecule has 3 rings (SSSR count). The molecule has 0 spiro atoms. The number of piperidine rings is 1. The molecule has 0 atom stereocenters. The van der Waals surface area contributed by atoms with Crippen LogP contribution in [-0.2, 0) is 4.79 Å². The third-order valence-electron chi connectivity index (χ3n) is 5.31.